The van der Waals surface area contributed by atoms with Crippen molar-refractivity contribution in [1.29, 1.82) is 0 Å². The molecule has 3 aromatic carbocycles. The molecule has 4 aromatic rings. The van der Waals surface area contributed by atoms with Gasteiger partial charge in [-0.3, -0.25) is 9.59 Å². The molecular weight excluding hydrogens is 531 g/mol. The van der Waals surface area contributed by atoms with Gasteiger partial charge in [0.15, 0.2) is 12.6 Å². The molecular formula is C28H24Cl2N2O6. The molecule has 0 unspecified atom stereocenters. The van der Waals surface area contributed by atoms with Crippen LogP contribution in [0.5, 0.6) is 23.0 Å². The van der Waals surface area contributed by atoms with Gasteiger partial charge in [-0.1, -0.05) is 35.3 Å². The minimum Gasteiger partial charge on any atom is -0.507 e. The van der Waals surface area contributed by atoms with Gasteiger partial charge >= 0.3 is 0 Å². The van der Waals surface area contributed by atoms with Crippen molar-refractivity contribution in [2.75, 3.05) is 0 Å². The van der Waals surface area contributed by atoms with Crippen LogP contribution in [0.3, 0.4) is 0 Å². The average molecular weight is 555 g/mol. The number of halogens is 2. The molecule has 1 heterocycles. The Labute approximate surface area is 229 Å². The van der Waals surface area contributed by atoms with Crippen LogP contribution in [0.4, 0.5) is 0 Å². The van der Waals surface area contributed by atoms with Crippen molar-refractivity contribution in [2.24, 2.45) is 0 Å². The highest BCUT2D eigenvalue weighted by atomic mass is 35.5. The standard InChI is InChI=1S/C28H24Cl2N2O6/c1-15-18(13-37-27-9-25(35)19(11-33)7-21(27)29)5-4-6-24(15)32-16(2)23(31-17(32)3)14-38-28-10-26(36)20(12-34)8-22(28)30/h4-12,35-36H,13-14H2,1-3H3. The molecule has 2 N–H and O–H groups in total. The second kappa shape index (κ2) is 11.2. The first-order valence-electron chi connectivity index (χ1n) is 11.5. The van der Waals surface area contributed by atoms with Crippen molar-refractivity contribution in [3.8, 4) is 28.7 Å². The summed E-state index contributed by atoms with van der Waals surface area (Å²) in [4.78, 5) is 26.7. The van der Waals surface area contributed by atoms with E-state index in [1.54, 1.807) is 0 Å². The van der Waals surface area contributed by atoms with E-state index in [1.807, 2.05) is 43.5 Å². The third-order valence-corrected chi connectivity index (χ3v) is 6.79. The highest BCUT2D eigenvalue weighted by Gasteiger charge is 2.18. The van der Waals surface area contributed by atoms with Crippen LogP contribution in [0.25, 0.3) is 5.69 Å². The van der Waals surface area contributed by atoms with Crippen molar-refractivity contribution in [3.63, 3.8) is 0 Å². The number of ether oxygens (including phenoxy) is 2. The van der Waals surface area contributed by atoms with E-state index in [9.17, 15) is 19.8 Å². The van der Waals surface area contributed by atoms with E-state index in [2.05, 4.69) is 4.98 Å². The molecule has 0 saturated heterocycles. The van der Waals surface area contributed by atoms with Crippen molar-refractivity contribution in [2.45, 2.75) is 34.0 Å². The first kappa shape index (κ1) is 27.0. The van der Waals surface area contributed by atoms with Gasteiger partial charge in [-0.2, -0.15) is 0 Å². The van der Waals surface area contributed by atoms with Crippen LogP contribution in [-0.4, -0.2) is 32.3 Å². The Morgan fingerprint density at radius 1 is 0.868 bits per heavy atom. The van der Waals surface area contributed by atoms with Crippen LogP contribution < -0.4 is 9.47 Å². The summed E-state index contributed by atoms with van der Waals surface area (Å²) in [5.41, 5.74) is 4.43. The van der Waals surface area contributed by atoms with Crippen LogP contribution in [0.15, 0.2) is 42.5 Å². The lowest BCUT2D eigenvalue weighted by Crippen LogP contribution is -2.06. The maximum atomic E-state index is 11.0. The molecule has 38 heavy (non-hydrogen) atoms. The van der Waals surface area contributed by atoms with Crippen LogP contribution in [0, 0.1) is 20.8 Å². The summed E-state index contributed by atoms with van der Waals surface area (Å²) in [6.45, 7) is 6.05. The minimum absolute atomic E-state index is 0.0787. The van der Waals surface area contributed by atoms with Crippen molar-refractivity contribution in [1.82, 2.24) is 9.55 Å². The second-order valence-corrected chi connectivity index (χ2v) is 9.40. The summed E-state index contributed by atoms with van der Waals surface area (Å²) in [7, 11) is 0. The maximum Gasteiger partial charge on any atom is 0.153 e. The summed E-state index contributed by atoms with van der Waals surface area (Å²) in [6.07, 6.45) is 1.04. The number of carbonyl (C=O) groups excluding carboxylic acids is 2. The molecule has 0 aliphatic carbocycles. The number of benzene rings is 3. The fourth-order valence-electron chi connectivity index (χ4n) is 4.09. The Bertz CT molecular complexity index is 1550. The van der Waals surface area contributed by atoms with E-state index < -0.39 is 0 Å². The highest BCUT2D eigenvalue weighted by molar-refractivity contribution is 6.32. The van der Waals surface area contributed by atoms with Gasteiger partial charge in [0, 0.05) is 17.8 Å². The number of nitrogens with zero attached hydrogens (tertiary/aromatic N) is 2. The first-order valence-corrected chi connectivity index (χ1v) is 12.2. The van der Waals surface area contributed by atoms with Gasteiger partial charge in [0.2, 0.25) is 0 Å². The Morgan fingerprint density at radius 3 is 1.97 bits per heavy atom. The lowest BCUT2D eigenvalue weighted by atomic mass is 10.1. The molecule has 1 aromatic heterocycles. The Kier molecular flexibility index (Phi) is 7.94. The summed E-state index contributed by atoms with van der Waals surface area (Å²) >= 11 is 12.4. The van der Waals surface area contributed by atoms with Gasteiger partial charge in [0.05, 0.1) is 32.6 Å². The molecule has 0 amide bonds. The van der Waals surface area contributed by atoms with E-state index in [4.69, 9.17) is 32.7 Å². The van der Waals surface area contributed by atoms with Crippen molar-refractivity contribution >= 4 is 35.8 Å². The SMILES string of the molecule is Cc1c(COc2cc(O)c(C=O)cc2Cl)cccc1-n1c(C)nc(COc2cc(O)c(C=O)cc2Cl)c1C. The zero-order chi connectivity index (χ0) is 27.6. The van der Waals surface area contributed by atoms with Gasteiger partial charge in [-0.15, -0.1) is 0 Å². The molecule has 0 atom stereocenters. The van der Waals surface area contributed by atoms with Gasteiger partial charge in [0.1, 0.15) is 42.0 Å². The summed E-state index contributed by atoms with van der Waals surface area (Å²) in [5, 5.41) is 20.4. The van der Waals surface area contributed by atoms with Gasteiger partial charge in [-0.25, -0.2) is 4.98 Å². The predicted molar refractivity (Wildman–Crippen MR) is 143 cm³/mol. The van der Waals surface area contributed by atoms with E-state index in [-0.39, 0.29) is 57.4 Å². The maximum absolute atomic E-state index is 11.0. The second-order valence-electron chi connectivity index (χ2n) is 8.58. The predicted octanol–water partition coefficient (Wildman–Crippen LogP) is 6.30. The fraction of sp³-hybridized carbons (Fsp3) is 0.179. The summed E-state index contributed by atoms with van der Waals surface area (Å²) < 4.78 is 13.7. The van der Waals surface area contributed by atoms with Crippen LogP contribution >= 0.6 is 23.2 Å². The Morgan fingerprint density at radius 2 is 1.42 bits per heavy atom. The number of aromatic hydroxyl groups is 2. The molecule has 8 nitrogen and oxygen atoms in total. The molecule has 0 saturated carbocycles. The lowest BCUT2D eigenvalue weighted by molar-refractivity contribution is 0.111. The lowest BCUT2D eigenvalue weighted by Gasteiger charge is -2.16. The number of rotatable bonds is 9. The molecule has 4 rings (SSSR count). The largest absolute Gasteiger partial charge is 0.507 e. The molecule has 0 spiro atoms. The van der Waals surface area contributed by atoms with Gasteiger partial charge in [0.25, 0.3) is 0 Å². The average Bonchev–Trinajstić information content (AvgIpc) is 3.17. The molecule has 10 heteroatoms. The number of phenols is 2. The molecule has 196 valence electrons. The highest BCUT2D eigenvalue weighted by Crippen LogP contribution is 2.34. The summed E-state index contributed by atoms with van der Waals surface area (Å²) in [6, 6.07) is 11.1. The quantitative estimate of drug-likeness (QED) is 0.233. The van der Waals surface area contributed by atoms with E-state index in [0.717, 1.165) is 28.3 Å². The topological polar surface area (TPSA) is 111 Å². The number of aldehydes is 2. The van der Waals surface area contributed by atoms with Crippen LogP contribution in [0.2, 0.25) is 10.0 Å². The van der Waals surface area contributed by atoms with Crippen LogP contribution in [0.1, 0.15) is 49.1 Å². The number of aromatic nitrogens is 2. The number of phenolic OH excluding ortho intramolecular Hbond substituents is 2. The summed E-state index contributed by atoms with van der Waals surface area (Å²) in [5.74, 6) is 0.816. The number of imidazole rings is 1. The Hall–Kier alpha value is -4.01. The van der Waals surface area contributed by atoms with Crippen molar-refractivity contribution in [3.05, 3.63) is 92.0 Å². The molecule has 0 aliphatic rings. The van der Waals surface area contributed by atoms with Gasteiger partial charge in [-0.05, 0) is 50.1 Å². The van der Waals surface area contributed by atoms with Crippen LogP contribution in [-0.2, 0) is 13.2 Å². The smallest absolute Gasteiger partial charge is 0.153 e. The minimum atomic E-state index is -0.219. The molecule has 0 aliphatic heterocycles. The normalized spacial score (nSPS) is 10.9. The van der Waals surface area contributed by atoms with E-state index in [0.29, 0.717) is 18.3 Å². The van der Waals surface area contributed by atoms with Gasteiger partial charge < -0.3 is 24.3 Å². The number of carbonyl (C=O) groups is 2. The van der Waals surface area contributed by atoms with E-state index in [1.165, 1.54) is 24.3 Å². The zero-order valence-electron chi connectivity index (χ0n) is 20.8. The monoisotopic (exact) mass is 554 g/mol. The fourth-order valence-corrected chi connectivity index (χ4v) is 4.54. The number of aryl methyl sites for hydroxylation is 1. The molecule has 0 fully saturated rings. The third-order valence-electron chi connectivity index (χ3n) is 6.20. The number of hydrogen-bond acceptors (Lipinski definition) is 7. The Balaban J connectivity index is 1.57. The molecule has 0 radical (unpaired) electrons. The first-order chi connectivity index (χ1) is 18.1. The van der Waals surface area contributed by atoms with E-state index >= 15 is 0 Å². The zero-order valence-corrected chi connectivity index (χ0v) is 22.3. The number of hydrogen-bond donors (Lipinski definition) is 2. The third kappa shape index (κ3) is 5.32. The molecule has 0 bridgehead atoms. The van der Waals surface area contributed by atoms with Crippen molar-refractivity contribution < 1.29 is 29.3 Å².